The van der Waals surface area contributed by atoms with Crippen LogP contribution in [0.3, 0.4) is 0 Å². The van der Waals surface area contributed by atoms with Crippen LogP contribution >= 0.6 is 0 Å². The average molecular weight is 156 g/mol. The van der Waals surface area contributed by atoms with Crippen LogP contribution in [0.5, 0.6) is 0 Å². The highest BCUT2D eigenvalue weighted by Crippen LogP contribution is 1.99. The van der Waals surface area contributed by atoms with Crippen LogP contribution in [0.15, 0.2) is 12.2 Å². The lowest BCUT2D eigenvalue weighted by atomic mass is 10.2. The number of allylic oxidation sites excluding steroid dienone is 1. The van der Waals surface area contributed by atoms with Crippen molar-refractivity contribution in [2.24, 2.45) is 0 Å². The van der Waals surface area contributed by atoms with Crippen LogP contribution in [0.4, 0.5) is 0 Å². The van der Waals surface area contributed by atoms with Gasteiger partial charge in [-0.3, -0.25) is 4.79 Å². The lowest BCUT2D eigenvalue weighted by Gasteiger charge is -2.08. The molecular weight excluding hydrogens is 140 g/mol. The Morgan fingerprint density at radius 3 is 2.55 bits per heavy atom. The molecule has 0 aromatic heterocycles. The van der Waals surface area contributed by atoms with Crippen molar-refractivity contribution >= 4 is 5.78 Å². The Hall–Kier alpha value is -0.630. The molecule has 1 atom stereocenters. The first-order chi connectivity index (χ1) is 5.20. The zero-order chi connectivity index (χ0) is 8.69. The molecule has 0 bridgehead atoms. The molecule has 2 heteroatoms. The fraction of sp³-hybridized carbons (Fsp3) is 0.667. The number of ether oxygens (including phenoxy) is 1. The van der Waals surface area contributed by atoms with Crippen LogP contribution in [0.1, 0.15) is 27.2 Å². The number of carbonyl (C=O) groups excluding carboxylic acids is 1. The van der Waals surface area contributed by atoms with Gasteiger partial charge in [0.25, 0.3) is 0 Å². The fourth-order valence-corrected chi connectivity index (χ4v) is 0.766. The van der Waals surface area contributed by atoms with Crippen LogP contribution in [-0.4, -0.2) is 18.5 Å². The Morgan fingerprint density at radius 1 is 1.55 bits per heavy atom. The SMILES string of the molecule is CCOC(C=CC(C)=O)CC. The summed E-state index contributed by atoms with van der Waals surface area (Å²) in [5.41, 5.74) is 0. The Bertz CT molecular complexity index is 138. The molecule has 0 heterocycles. The molecule has 0 spiro atoms. The van der Waals surface area contributed by atoms with E-state index < -0.39 is 0 Å². The van der Waals surface area contributed by atoms with E-state index in [1.54, 1.807) is 6.08 Å². The Balaban J connectivity index is 3.76. The second-order valence-electron chi connectivity index (χ2n) is 2.37. The van der Waals surface area contributed by atoms with E-state index >= 15 is 0 Å². The molecule has 0 aliphatic carbocycles. The molecule has 0 aliphatic rings. The minimum Gasteiger partial charge on any atom is -0.374 e. The highest BCUT2D eigenvalue weighted by atomic mass is 16.5. The van der Waals surface area contributed by atoms with E-state index in [-0.39, 0.29) is 11.9 Å². The summed E-state index contributed by atoms with van der Waals surface area (Å²) in [6.45, 7) is 6.21. The van der Waals surface area contributed by atoms with Gasteiger partial charge in [-0.2, -0.15) is 0 Å². The maximum absolute atomic E-state index is 10.5. The number of hydrogen-bond donors (Lipinski definition) is 0. The third-order valence-electron chi connectivity index (χ3n) is 1.33. The molecule has 0 saturated carbocycles. The van der Waals surface area contributed by atoms with E-state index in [2.05, 4.69) is 0 Å². The largest absolute Gasteiger partial charge is 0.374 e. The van der Waals surface area contributed by atoms with Crippen molar-refractivity contribution < 1.29 is 9.53 Å². The van der Waals surface area contributed by atoms with Gasteiger partial charge in [-0.1, -0.05) is 13.0 Å². The van der Waals surface area contributed by atoms with Gasteiger partial charge in [0.1, 0.15) is 0 Å². The molecular formula is C9H16O2. The van der Waals surface area contributed by atoms with Gasteiger partial charge in [0.2, 0.25) is 0 Å². The lowest BCUT2D eigenvalue weighted by molar-refractivity contribution is -0.112. The van der Waals surface area contributed by atoms with E-state index in [1.165, 1.54) is 6.92 Å². The second kappa shape index (κ2) is 6.10. The van der Waals surface area contributed by atoms with Crippen molar-refractivity contribution in [3.05, 3.63) is 12.2 Å². The molecule has 1 unspecified atom stereocenters. The highest BCUT2D eigenvalue weighted by molar-refractivity contribution is 5.87. The van der Waals surface area contributed by atoms with E-state index in [4.69, 9.17) is 4.74 Å². The van der Waals surface area contributed by atoms with Crippen molar-refractivity contribution in [1.82, 2.24) is 0 Å². The average Bonchev–Trinajstić information content (AvgIpc) is 1.97. The van der Waals surface area contributed by atoms with Gasteiger partial charge in [0.05, 0.1) is 6.10 Å². The van der Waals surface area contributed by atoms with Gasteiger partial charge in [-0.25, -0.2) is 0 Å². The van der Waals surface area contributed by atoms with Crippen LogP contribution < -0.4 is 0 Å². The highest BCUT2D eigenvalue weighted by Gasteiger charge is 1.98. The van der Waals surface area contributed by atoms with Gasteiger partial charge >= 0.3 is 0 Å². The first kappa shape index (κ1) is 10.4. The summed E-state index contributed by atoms with van der Waals surface area (Å²) in [6, 6.07) is 0. The van der Waals surface area contributed by atoms with Crippen molar-refractivity contribution in [3.8, 4) is 0 Å². The van der Waals surface area contributed by atoms with Gasteiger partial charge in [-0.15, -0.1) is 0 Å². The summed E-state index contributed by atoms with van der Waals surface area (Å²) >= 11 is 0. The second-order valence-corrected chi connectivity index (χ2v) is 2.37. The van der Waals surface area contributed by atoms with Crippen LogP contribution in [0, 0.1) is 0 Å². The van der Waals surface area contributed by atoms with Gasteiger partial charge in [0.15, 0.2) is 5.78 Å². The van der Waals surface area contributed by atoms with E-state index in [0.717, 1.165) is 6.42 Å². The van der Waals surface area contributed by atoms with Gasteiger partial charge in [-0.05, 0) is 26.3 Å². The Labute approximate surface area is 68.2 Å². The minimum atomic E-state index is 0.0724. The minimum absolute atomic E-state index is 0.0724. The molecule has 0 N–H and O–H groups in total. The molecule has 0 amide bonds. The molecule has 0 rings (SSSR count). The number of hydrogen-bond acceptors (Lipinski definition) is 2. The van der Waals surface area contributed by atoms with Gasteiger partial charge in [0, 0.05) is 6.61 Å². The normalized spacial score (nSPS) is 13.7. The monoisotopic (exact) mass is 156 g/mol. The van der Waals surface area contributed by atoms with Crippen LogP contribution in [0.2, 0.25) is 0 Å². The smallest absolute Gasteiger partial charge is 0.152 e. The molecule has 0 saturated heterocycles. The predicted molar refractivity (Wildman–Crippen MR) is 45.5 cm³/mol. The number of ketones is 1. The lowest BCUT2D eigenvalue weighted by Crippen LogP contribution is -2.08. The maximum atomic E-state index is 10.5. The zero-order valence-corrected chi connectivity index (χ0v) is 7.46. The first-order valence-corrected chi connectivity index (χ1v) is 4.01. The molecule has 64 valence electrons. The summed E-state index contributed by atoms with van der Waals surface area (Å²) in [7, 11) is 0. The van der Waals surface area contributed by atoms with E-state index in [1.807, 2.05) is 19.9 Å². The summed E-state index contributed by atoms with van der Waals surface area (Å²) in [4.78, 5) is 10.5. The first-order valence-electron chi connectivity index (χ1n) is 4.01. The molecule has 0 aromatic rings. The summed E-state index contributed by atoms with van der Waals surface area (Å²) in [6.07, 6.45) is 4.39. The van der Waals surface area contributed by atoms with Crippen molar-refractivity contribution in [1.29, 1.82) is 0 Å². The van der Waals surface area contributed by atoms with Crippen LogP contribution in [0.25, 0.3) is 0 Å². The Kier molecular flexibility index (Phi) is 5.75. The summed E-state index contributed by atoms with van der Waals surface area (Å²) in [5.74, 6) is 0.0724. The van der Waals surface area contributed by atoms with Crippen molar-refractivity contribution in [3.63, 3.8) is 0 Å². The molecule has 0 fully saturated rings. The van der Waals surface area contributed by atoms with E-state index in [0.29, 0.717) is 6.61 Å². The quantitative estimate of drug-likeness (QED) is 0.569. The molecule has 0 radical (unpaired) electrons. The topological polar surface area (TPSA) is 26.3 Å². The van der Waals surface area contributed by atoms with Crippen molar-refractivity contribution in [2.75, 3.05) is 6.61 Å². The third-order valence-corrected chi connectivity index (χ3v) is 1.33. The number of rotatable bonds is 5. The fourth-order valence-electron chi connectivity index (χ4n) is 0.766. The Morgan fingerprint density at radius 2 is 2.18 bits per heavy atom. The zero-order valence-electron chi connectivity index (χ0n) is 7.46. The maximum Gasteiger partial charge on any atom is 0.152 e. The van der Waals surface area contributed by atoms with E-state index in [9.17, 15) is 4.79 Å². The standard InChI is InChI=1S/C9H16O2/c1-4-9(11-5-2)7-6-8(3)10/h6-7,9H,4-5H2,1-3H3. The molecule has 0 aromatic carbocycles. The van der Waals surface area contributed by atoms with Gasteiger partial charge < -0.3 is 4.74 Å². The third kappa shape index (κ3) is 5.80. The predicted octanol–water partition coefficient (Wildman–Crippen LogP) is 1.95. The summed E-state index contributed by atoms with van der Waals surface area (Å²) < 4.78 is 5.30. The molecule has 0 aliphatic heterocycles. The molecule has 2 nitrogen and oxygen atoms in total. The molecule has 11 heavy (non-hydrogen) atoms. The van der Waals surface area contributed by atoms with Crippen LogP contribution in [-0.2, 0) is 9.53 Å². The number of carbonyl (C=O) groups is 1. The summed E-state index contributed by atoms with van der Waals surface area (Å²) in [5, 5.41) is 0. The van der Waals surface area contributed by atoms with Crippen molar-refractivity contribution in [2.45, 2.75) is 33.3 Å².